The van der Waals surface area contributed by atoms with Gasteiger partial charge in [-0.25, -0.2) is 4.39 Å². The second-order valence-corrected chi connectivity index (χ2v) is 3.62. The van der Waals surface area contributed by atoms with Crippen LogP contribution in [0.25, 0.3) is 0 Å². The monoisotopic (exact) mass is 251 g/mol. The molecule has 0 amide bonds. The number of methoxy groups -OCH3 is 1. The van der Waals surface area contributed by atoms with Crippen LogP contribution in [-0.4, -0.2) is 13.3 Å². The molecule has 0 spiro atoms. The normalized spacial score (nSPS) is 13.5. The fourth-order valence-electron chi connectivity index (χ4n) is 1.45. The van der Waals surface area contributed by atoms with Crippen LogP contribution >= 0.6 is 0 Å². The number of alkyl halides is 3. The number of halogens is 4. The van der Waals surface area contributed by atoms with Gasteiger partial charge in [-0.1, -0.05) is 12.1 Å². The summed E-state index contributed by atoms with van der Waals surface area (Å²) in [7, 11) is 1.28. The first-order valence-corrected chi connectivity index (χ1v) is 5.00. The van der Waals surface area contributed by atoms with Crippen LogP contribution in [0.2, 0.25) is 0 Å². The summed E-state index contributed by atoms with van der Waals surface area (Å²) in [6.45, 7) is 0. The predicted molar refractivity (Wildman–Crippen MR) is 55.2 cm³/mol. The van der Waals surface area contributed by atoms with Crippen LogP contribution in [0.3, 0.4) is 0 Å². The lowest BCUT2D eigenvalue weighted by molar-refractivity contribution is -0.136. The summed E-state index contributed by atoms with van der Waals surface area (Å²) in [4.78, 5) is 0. The Morgan fingerprint density at radius 3 is 2.53 bits per heavy atom. The SMILES string of the molecule is COc1cccc(C(N)CCC(F)(F)F)c1F. The molecule has 0 saturated heterocycles. The van der Waals surface area contributed by atoms with Gasteiger partial charge in [0.1, 0.15) is 0 Å². The molecule has 0 aliphatic rings. The molecule has 1 rings (SSSR count). The van der Waals surface area contributed by atoms with Crippen molar-refractivity contribution in [2.75, 3.05) is 7.11 Å². The zero-order valence-electron chi connectivity index (χ0n) is 9.22. The van der Waals surface area contributed by atoms with Crippen LogP contribution in [-0.2, 0) is 0 Å². The minimum Gasteiger partial charge on any atom is -0.494 e. The van der Waals surface area contributed by atoms with Crippen molar-refractivity contribution < 1.29 is 22.3 Å². The Hall–Kier alpha value is -1.30. The van der Waals surface area contributed by atoms with Gasteiger partial charge in [0, 0.05) is 18.0 Å². The minimum atomic E-state index is -4.28. The Labute approximate surface area is 96.4 Å². The van der Waals surface area contributed by atoms with E-state index in [4.69, 9.17) is 10.5 Å². The van der Waals surface area contributed by atoms with Crippen LogP contribution in [0.5, 0.6) is 5.75 Å². The second-order valence-electron chi connectivity index (χ2n) is 3.62. The third-order valence-electron chi connectivity index (χ3n) is 2.35. The van der Waals surface area contributed by atoms with Crippen molar-refractivity contribution in [2.24, 2.45) is 5.73 Å². The summed E-state index contributed by atoms with van der Waals surface area (Å²) in [5.74, 6) is -0.727. The van der Waals surface area contributed by atoms with E-state index in [0.717, 1.165) is 0 Å². The molecule has 1 aromatic rings. The van der Waals surface area contributed by atoms with Gasteiger partial charge in [-0.05, 0) is 12.5 Å². The quantitative estimate of drug-likeness (QED) is 0.834. The number of hydrogen-bond acceptors (Lipinski definition) is 2. The molecule has 1 atom stereocenters. The van der Waals surface area contributed by atoms with Crippen LogP contribution in [0.15, 0.2) is 18.2 Å². The van der Waals surface area contributed by atoms with Crippen molar-refractivity contribution in [1.82, 2.24) is 0 Å². The Bertz CT molecular complexity index is 378. The molecule has 0 aromatic heterocycles. The minimum absolute atomic E-state index is 0.0232. The highest BCUT2D eigenvalue weighted by molar-refractivity contribution is 5.32. The summed E-state index contributed by atoms with van der Waals surface area (Å²) in [5, 5.41) is 0. The standard InChI is InChI=1S/C11H13F4NO/c1-17-9-4-2-3-7(10(9)12)8(16)5-6-11(13,14)15/h2-4,8H,5-6,16H2,1H3. The summed E-state index contributed by atoms with van der Waals surface area (Å²) in [6, 6.07) is 3.24. The Morgan fingerprint density at radius 1 is 1.35 bits per heavy atom. The zero-order valence-corrected chi connectivity index (χ0v) is 9.22. The highest BCUT2D eigenvalue weighted by atomic mass is 19.4. The lowest BCUT2D eigenvalue weighted by Gasteiger charge is -2.15. The van der Waals surface area contributed by atoms with Gasteiger partial charge >= 0.3 is 6.18 Å². The predicted octanol–water partition coefficient (Wildman–Crippen LogP) is 3.18. The zero-order chi connectivity index (χ0) is 13.1. The summed E-state index contributed by atoms with van der Waals surface area (Å²) in [6.07, 6.45) is -5.68. The molecule has 0 saturated carbocycles. The Balaban J connectivity index is 2.79. The summed E-state index contributed by atoms with van der Waals surface area (Å²) in [5.41, 5.74) is 5.57. The largest absolute Gasteiger partial charge is 0.494 e. The first-order chi connectivity index (χ1) is 7.85. The van der Waals surface area contributed by atoms with E-state index in [1.54, 1.807) is 0 Å². The fourth-order valence-corrected chi connectivity index (χ4v) is 1.45. The molecule has 96 valence electrons. The van der Waals surface area contributed by atoms with Gasteiger partial charge in [0.2, 0.25) is 0 Å². The van der Waals surface area contributed by atoms with E-state index in [1.165, 1.54) is 25.3 Å². The average Bonchev–Trinajstić information content (AvgIpc) is 2.25. The Morgan fingerprint density at radius 2 is 2.00 bits per heavy atom. The maximum atomic E-state index is 13.7. The molecule has 0 bridgehead atoms. The lowest BCUT2D eigenvalue weighted by atomic mass is 10.0. The van der Waals surface area contributed by atoms with Crippen molar-refractivity contribution >= 4 is 0 Å². The third kappa shape index (κ3) is 3.89. The number of nitrogens with two attached hydrogens (primary N) is 1. The van der Waals surface area contributed by atoms with Gasteiger partial charge in [0.25, 0.3) is 0 Å². The molecule has 2 N–H and O–H groups in total. The van der Waals surface area contributed by atoms with E-state index in [-0.39, 0.29) is 17.7 Å². The third-order valence-corrected chi connectivity index (χ3v) is 2.35. The number of ether oxygens (including phenoxy) is 1. The number of hydrogen-bond donors (Lipinski definition) is 1. The molecule has 0 radical (unpaired) electrons. The maximum Gasteiger partial charge on any atom is 0.389 e. The molecular formula is C11H13F4NO. The van der Waals surface area contributed by atoms with E-state index >= 15 is 0 Å². The highest BCUT2D eigenvalue weighted by Gasteiger charge is 2.28. The number of benzene rings is 1. The molecule has 6 heteroatoms. The highest BCUT2D eigenvalue weighted by Crippen LogP contribution is 2.29. The van der Waals surface area contributed by atoms with E-state index in [2.05, 4.69) is 0 Å². The molecule has 0 fully saturated rings. The van der Waals surface area contributed by atoms with Crippen molar-refractivity contribution in [3.63, 3.8) is 0 Å². The molecule has 17 heavy (non-hydrogen) atoms. The summed E-state index contributed by atoms with van der Waals surface area (Å²) >= 11 is 0. The van der Waals surface area contributed by atoms with Crippen molar-refractivity contribution in [3.05, 3.63) is 29.6 Å². The van der Waals surface area contributed by atoms with Crippen molar-refractivity contribution in [2.45, 2.75) is 25.1 Å². The molecule has 1 aromatic carbocycles. The fraction of sp³-hybridized carbons (Fsp3) is 0.455. The lowest BCUT2D eigenvalue weighted by Crippen LogP contribution is -2.17. The molecule has 0 aliphatic heterocycles. The van der Waals surface area contributed by atoms with Gasteiger partial charge < -0.3 is 10.5 Å². The van der Waals surface area contributed by atoms with Crippen LogP contribution in [0.4, 0.5) is 17.6 Å². The van der Waals surface area contributed by atoms with Crippen molar-refractivity contribution in [1.29, 1.82) is 0 Å². The number of rotatable bonds is 4. The Kier molecular flexibility index (Phi) is 4.34. The first-order valence-electron chi connectivity index (χ1n) is 5.00. The van der Waals surface area contributed by atoms with Crippen LogP contribution < -0.4 is 10.5 Å². The van der Waals surface area contributed by atoms with Crippen LogP contribution in [0.1, 0.15) is 24.4 Å². The van der Waals surface area contributed by atoms with E-state index < -0.39 is 24.5 Å². The van der Waals surface area contributed by atoms with Gasteiger partial charge in [-0.2, -0.15) is 13.2 Å². The van der Waals surface area contributed by atoms with E-state index in [1.807, 2.05) is 0 Å². The van der Waals surface area contributed by atoms with Gasteiger partial charge in [-0.15, -0.1) is 0 Å². The smallest absolute Gasteiger partial charge is 0.389 e. The molecule has 1 unspecified atom stereocenters. The van der Waals surface area contributed by atoms with Crippen molar-refractivity contribution in [3.8, 4) is 5.75 Å². The van der Waals surface area contributed by atoms with Gasteiger partial charge in [-0.3, -0.25) is 0 Å². The van der Waals surface area contributed by atoms with E-state index in [9.17, 15) is 17.6 Å². The summed E-state index contributed by atoms with van der Waals surface area (Å²) < 4.78 is 54.4. The average molecular weight is 251 g/mol. The molecule has 0 heterocycles. The molecule has 2 nitrogen and oxygen atoms in total. The molecular weight excluding hydrogens is 238 g/mol. The first kappa shape index (κ1) is 13.8. The van der Waals surface area contributed by atoms with E-state index in [0.29, 0.717) is 0 Å². The topological polar surface area (TPSA) is 35.2 Å². The second kappa shape index (κ2) is 5.35. The maximum absolute atomic E-state index is 13.7. The van der Waals surface area contributed by atoms with Gasteiger partial charge in [0.05, 0.1) is 7.11 Å². The molecule has 0 aliphatic carbocycles. The van der Waals surface area contributed by atoms with Crippen LogP contribution in [0, 0.1) is 5.82 Å². The van der Waals surface area contributed by atoms with Gasteiger partial charge in [0.15, 0.2) is 11.6 Å².